The highest BCUT2D eigenvalue weighted by Crippen LogP contribution is 2.36. The van der Waals surface area contributed by atoms with Gasteiger partial charge in [-0.15, -0.1) is 0 Å². The van der Waals surface area contributed by atoms with Gasteiger partial charge in [-0.3, -0.25) is 4.90 Å². The van der Waals surface area contributed by atoms with Crippen LogP contribution in [0.1, 0.15) is 40.5 Å². The van der Waals surface area contributed by atoms with Gasteiger partial charge in [0.25, 0.3) is 0 Å². The third-order valence-electron chi connectivity index (χ3n) is 3.52. The van der Waals surface area contributed by atoms with E-state index in [-0.39, 0.29) is 0 Å². The molecular formula is C12H24N2. The van der Waals surface area contributed by atoms with Crippen LogP contribution in [0.5, 0.6) is 0 Å². The van der Waals surface area contributed by atoms with E-state index >= 15 is 0 Å². The quantitative estimate of drug-likeness (QED) is 0.688. The molecule has 0 bridgehead atoms. The molecule has 1 saturated heterocycles. The lowest BCUT2D eigenvalue weighted by molar-refractivity contribution is 0.0914. The Hall–Kier alpha value is -0.0800. The molecule has 14 heavy (non-hydrogen) atoms. The molecule has 1 saturated carbocycles. The lowest BCUT2D eigenvalue weighted by Gasteiger charge is -2.39. The van der Waals surface area contributed by atoms with Crippen LogP contribution in [0.2, 0.25) is 0 Å². The van der Waals surface area contributed by atoms with Crippen molar-refractivity contribution in [3.63, 3.8) is 0 Å². The van der Waals surface area contributed by atoms with Gasteiger partial charge in [0.2, 0.25) is 0 Å². The Kier molecular flexibility index (Phi) is 2.39. The molecule has 2 heteroatoms. The van der Waals surface area contributed by atoms with Gasteiger partial charge in [0.1, 0.15) is 0 Å². The highest BCUT2D eigenvalue weighted by atomic mass is 15.3. The molecule has 1 aliphatic carbocycles. The average molecular weight is 196 g/mol. The number of rotatable bonds is 1. The van der Waals surface area contributed by atoms with Gasteiger partial charge >= 0.3 is 0 Å². The van der Waals surface area contributed by atoms with Crippen molar-refractivity contribution in [3.05, 3.63) is 0 Å². The summed E-state index contributed by atoms with van der Waals surface area (Å²) in [5.74, 6) is 0. The summed E-state index contributed by atoms with van der Waals surface area (Å²) in [5.41, 5.74) is 0.769. The van der Waals surface area contributed by atoms with E-state index in [1.807, 2.05) is 0 Å². The monoisotopic (exact) mass is 196 g/mol. The van der Waals surface area contributed by atoms with Gasteiger partial charge in [0.05, 0.1) is 0 Å². The first kappa shape index (κ1) is 10.4. The highest BCUT2D eigenvalue weighted by Gasteiger charge is 2.42. The zero-order valence-corrected chi connectivity index (χ0v) is 10.1. The topological polar surface area (TPSA) is 15.3 Å². The molecule has 2 aliphatic rings. The summed E-state index contributed by atoms with van der Waals surface area (Å²) < 4.78 is 0. The second-order valence-electron chi connectivity index (χ2n) is 6.44. The second kappa shape index (κ2) is 3.21. The van der Waals surface area contributed by atoms with Crippen molar-refractivity contribution in [2.75, 3.05) is 19.6 Å². The third kappa shape index (κ3) is 2.12. The van der Waals surface area contributed by atoms with Gasteiger partial charge in [-0.1, -0.05) is 13.8 Å². The number of nitrogens with zero attached hydrogens (tertiary/aromatic N) is 1. The van der Waals surface area contributed by atoms with Gasteiger partial charge in [-0.2, -0.15) is 0 Å². The molecule has 2 nitrogen and oxygen atoms in total. The van der Waals surface area contributed by atoms with Crippen LogP contribution in [-0.4, -0.2) is 36.1 Å². The Morgan fingerprint density at radius 2 is 1.71 bits per heavy atom. The minimum absolute atomic E-state index is 0.342. The minimum Gasteiger partial charge on any atom is -0.314 e. The first-order valence-corrected chi connectivity index (χ1v) is 5.88. The van der Waals surface area contributed by atoms with E-state index in [4.69, 9.17) is 0 Å². The Labute approximate surface area is 88.1 Å². The number of hydrogen-bond acceptors (Lipinski definition) is 2. The van der Waals surface area contributed by atoms with Gasteiger partial charge in [-0.05, 0) is 32.1 Å². The maximum atomic E-state index is 3.60. The summed E-state index contributed by atoms with van der Waals surface area (Å²) in [4.78, 5) is 2.73. The first-order chi connectivity index (χ1) is 6.41. The molecule has 0 atom stereocenters. The molecule has 2 fully saturated rings. The van der Waals surface area contributed by atoms with Crippen molar-refractivity contribution in [3.8, 4) is 0 Å². The van der Waals surface area contributed by atoms with Crippen molar-refractivity contribution in [2.24, 2.45) is 5.41 Å². The van der Waals surface area contributed by atoms with Crippen LogP contribution >= 0.6 is 0 Å². The molecule has 0 aromatic carbocycles. The van der Waals surface area contributed by atoms with E-state index in [1.54, 1.807) is 0 Å². The lowest BCUT2D eigenvalue weighted by Crippen LogP contribution is -2.50. The smallest absolute Gasteiger partial charge is 0.0280 e. The van der Waals surface area contributed by atoms with E-state index in [2.05, 4.69) is 37.9 Å². The zero-order valence-electron chi connectivity index (χ0n) is 10.1. The molecule has 0 amide bonds. The Morgan fingerprint density at radius 1 is 1.07 bits per heavy atom. The first-order valence-electron chi connectivity index (χ1n) is 5.88. The van der Waals surface area contributed by atoms with Crippen molar-refractivity contribution >= 4 is 0 Å². The predicted molar refractivity (Wildman–Crippen MR) is 60.5 cm³/mol. The van der Waals surface area contributed by atoms with Crippen LogP contribution in [-0.2, 0) is 0 Å². The van der Waals surface area contributed by atoms with E-state index in [1.165, 1.54) is 19.4 Å². The van der Waals surface area contributed by atoms with Gasteiger partial charge < -0.3 is 5.32 Å². The fourth-order valence-electron chi connectivity index (χ4n) is 2.55. The molecule has 1 heterocycles. The summed E-state index contributed by atoms with van der Waals surface area (Å²) >= 11 is 0. The molecule has 2 rings (SSSR count). The van der Waals surface area contributed by atoms with Crippen molar-refractivity contribution in [2.45, 2.75) is 52.1 Å². The third-order valence-corrected chi connectivity index (χ3v) is 3.52. The predicted octanol–water partition coefficient (Wildman–Crippen LogP) is 1.86. The Morgan fingerprint density at radius 3 is 2.29 bits per heavy atom. The molecule has 1 aliphatic heterocycles. The Balaban J connectivity index is 2.14. The summed E-state index contributed by atoms with van der Waals surface area (Å²) in [6, 6.07) is 0.879. The summed E-state index contributed by atoms with van der Waals surface area (Å²) in [6.07, 6.45) is 2.83. The van der Waals surface area contributed by atoms with Gasteiger partial charge in [0, 0.05) is 31.2 Å². The van der Waals surface area contributed by atoms with Crippen molar-refractivity contribution in [1.82, 2.24) is 10.2 Å². The van der Waals surface area contributed by atoms with Crippen molar-refractivity contribution in [1.29, 1.82) is 0 Å². The van der Waals surface area contributed by atoms with Crippen LogP contribution in [0, 0.1) is 5.41 Å². The van der Waals surface area contributed by atoms with Gasteiger partial charge in [0.15, 0.2) is 0 Å². The fourth-order valence-corrected chi connectivity index (χ4v) is 2.55. The molecule has 0 radical (unpaired) electrons. The van der Waals surface area contributed by atoms with Gasteiger partial charge in [-0.25, -0.2) is 0 Å². The lowest BCUT2D eigenvalue weighted by atomic mass is 9.92. The Bertz CT molecular complexity index is 216. The maximum Gasteiger partial charge on any atom is 0.0280 e. The summed E-state index contributed by atoms with van der Waals surface area (Å²) in [6.45, 7) is 13.0. The molecule has 1 N–H and O–H groups in total. The van der Waals surface area contributed by atoms with Crippen LogP contribution in [0.3, 0.4) is 0 Å². The van der Waals surface area contributed by atoms with E-state index < -0.39 is 0 Å². The van der Waals surface area contributed by atoms with Crippen molar-refractivity contribution < 1.29 is 0 Å². The molecule has 0 aromatic heterocycles. The molecular weight excluding hydrogens is 172 g/mol. The molecule has 0 aromatic rings. The van der Waals surface area contributed by atoms with E-state index in [9.17, 15) is 0 Å². The number of nitrogens with one attached hydrogen (secondary N) is 1. The summed E-state index contributed by atoms with van der Waals surface area (Å²) in [5, 5.41) is 3.60. The normalized spacial score (nSPS) is 32.6. The summed E-state index contributed by atoms with van der Waals surface area (Å²) in [7, 11) is 0. The second-order valence-corrected chi connectivity index (χ2v) is 6.44. The zero-order chi connectivity index (χ0) is 10.4. The number of hydrogen-bond donors (Lipinski definition) is 1. The maximum absolute atomic E-state index is 3.60. The fraction of sp³-hybridized carbons (Fsp3) is 1.00. The highest BCUT2D eigenvalue weighted by molar-refractivity contribution is 4.99. The molecule has 0 spiro atoms. The molecule has 0 unspecified atom stereocenters. The largest absolute Gasteiger partial charge is 0.314 e. The van der Waals surface area contributed by atoms with Crippen LogP contribution in [0.4, 0.5) is 0 Å². The van der Waals surface area contributed by atoms with E-state index in [0.717, 1.165) is 19.1 Å². The van der Waals surface area contributed by atoms with E-state index in [0.29, 0.717) is 11.0 Å². The minimum atomic E-state index is 0.342. The standard InChI is InChI=1S/C12H24N2/c1-11(2)7-13-8-12(3,4)14(9-11)10-5-6-10/h10,13H,5-9H2,1-4H3. The molecule has 82 valence electrons. The van der Waals surface area contributed by atoms with Crippen LogP contribution < -0.4 is 5.32 Å². The average Bonchev–Trinajstić information content (AvgIpc) is 2.79. The van der Waals surface area contributed by atoms with Crippen LogP contribution in [0.15, 0.2) is 0 Å². The van der Waals surface area contributed by atoms with Crippen LogP contribution in [0.25, 0.3) is 0 Å². The SMILES string of the molecule is CC1(C)CNCC(C)(C)N(C2CC2)C1.